The van der Waals surface area contributed by atoms with E-state index in [-0.39, 0.29) is 5.56 Å². The van der Waals surface area contributed by atoms with E-state index in [1.807, 2.05) is 36.4 Å². The maximum atomic E-state index is 11.6. The third-order valence-corrected chi connectivity index (χ3v) is 2.82. The Balaban J connectivity index is 2.33. The zero-order valence-corrected chi connectivity index (χ0v) is 10.9. The van der Waals surface area contributed by atoms with Crippen molar-refractivity contribution in [3.8, 4) is 0 Å². The van der Waals surface area contributed by atoms with Crippen molar-refractivity contribution in [1.29, 1.82) is 0 Å². The van der Waals surface area contributed by atoms with Gasteiger partial charge in [0.1, 0.15) is 5.56 Å². The number of carboxylic acids is 1. The molecule has 5 heteroatoms. The van der Waals surface area contributed by atoms with Gasteiger partial charge in [-0.3, -0.25) is 4.79 Å². The Morgan fingerprint density at radius 1 is 1.25 bits per heavy atom. The van der Waals surface area contributed by atoms with Crippen LogP contribution in [0.3, 0.4) is 0 Å². The number of anilines is 1. The zero-order valence-electron chi connectivity index (χ0n) is 10.9. The summed E-state index contributed by atoms with van der Waals surface area (Å²) in [7, 11) is 1.70. The molecule has 1 aromatic heterocycles. The summed E-state index contributed by atoms with van der Waals surface area (Å²) in [5.74, 6) is -1.25. The number of aromatic carboxylic acids is 1. The number of aromatic nitrogens is 1. The second-order valence-corrected chi connectivity index (χ2v) is 4.21. The molecule has 5 nitrogen and oxygen atoms in total. The smallest absolute Gasteiger partial charge is 0.343 e. The molecule has 0 bridgehead atoms. The van der Waals surface area contributed by atoms with E-state index in [0.717, 1.165) is 5.56 Å². The van der Waals surface area contributed by atoms with Crippen LogP contribution in [0.4, 0.5) is 5.69 Å². The van der Waals surface area contributed by atoms with Gasteiger partial charge >= 0.3 is 5.97 Å². The summed E-state index contributed by atoms with van der Waals surface area (Å²) in [5, 5.41) is 9.11. The summed E-state index contributed by atoms with van der Waals surface area (Å²) < 4.78 is 0. The standard InChI is InChI=1S/C15H14N2O3/c1-17(10-8-11-5-3-2-4-6-11)12-7-9-16-14(18)13(12)15(19)20/h2-10H,1H3,(H,16,18)(H,19,20). The Morgan fingerprint density at radius 3 is 2.60 bits per heavy atom. The number of carbonyl (C=O) groups is 1. The van der Waals surface area contributed by atoms with Gasteiger partial charge in [-0.15, -0.1) is 0 Å². The monoisotopic (exact) mass is 270 g/mol. The van der Waals surface area contributed by atoms with E-state index in [9.17, 15) is 9.59 Å². The molecule has 2 aromatic rings. The molecule has 0 saturated carbocycles. The number of carboxylic acid groups (broad SMARTS) is 1. The Hall–Kier alpha value is -2.82. The first-order valence-electron chi connectivity index (χ1n) is 6.00. The largest absolute Gasteiger partial charge is 0.477 e. The average Bonchev–Trinajstić information content (AvgIpc) is 2.45. The number of hydrogen-bond acceptors (Lipinski definition) is 3. The van der Waals surface area contributed by atoms with Gasteiger partial charge in [-0.1, -0.05) is 30.3 Å². The summed E-state index contributed by atoms with van der Waals surface area (Å²) in [6.45, 7) is 0. The molecule has 0 saturated heterocycles. The van der Waals surface area contributed by atoms with E-state index in [2.05, 4.69) is 4.98 Å². The van der Waals surface area contributed by atoms with E-state index >= 15 is 0 Å². The minimum atomic E-state index is -1.25. The van der Waals surface area contributed by atoms with Gasteiger partial charge in [0, 0.05) is 19.4 Å². The fourth-order valence-electron chi connectivity index (χ4n) is 1.81. The van der Waals surface area contributed by atoms with Crippen molar-refractivity contribution in [1.82, 2.24) is 4.98 Å². The fourth-order valence-corrected chi connectivity index (χ4v) is 1.81. The van der Waals surface area contributed by atoms with Crippen molar-refractivity contribution in [2.75, 3.05) is 11.9 Å². The molecular weight excluding hydrogens is 256 g/mol. The Labute approximate surface area is 115 Å². The lowest BCUT2D eigenvalue weighted by Gasteiger charge is -2.15. The van der Waals surface area contributed by atoms with Crippen molar-refractivity contribution in [3.63, 3.8) is 0 Å². The molecule has 0 aliphatic heterocycles. The number of benzene rings is 1. The molecule has 2 rings (SSSR count). The lowest BCUT2D eigenvalue weighted by atomic mass is 10.2. The first kappa shape index (κ1) is 13.6. The molecule has 20 heavy (non-hydrogen) atoms. The summed E-state index contributed by atoms with van der Waals surface area (Å²) >= 11 is 0. The van der Waals surface area contributed by atoms with Crippen LogP contribution in [0.2, 0.25) is 0 Å². The van der Waals surface area contributed by atoms with Crippen LogP contribution in [-0.2, 0) is 0 Å². The number of H-pyrrole nitrogens is 1. The van der Waals surface area contributed by atoms with Crippen molar-refractivity contribution in [2.24, 2.45) is 0 Å². The lowest BCUT2D eigenvalue weighted by Crippen LogP contribution is -2.22. The van der Waals surface area contributed by atoms with Gasteiger partial charge in [0.05, 0.1) is 5.69 Å². The van der Waals surface area contributed by atoms with Gasteiger partial charge in [-0.05, 0) is 17.7 Å². The summed E-state index contributed by atoms with van der Waals surface area (Å²) in [6.07, 6.45) is 4.99. The predicted octanol–water partition coefficient (Wildman–Crippen LogP) is 2.18. The van der Waals surface area contributed by atoms with Crippen LogP contribution < -0.4 is 10.5 Å². The highest BCUT2D eigenvalue weighted by molar-refractivity contribution is 5.94. The minimum absolute atomic E-state index is 0.271. The summed E-state index contributed by atoms with van der Waals surface area (Å²) in [6, 6.07) is 11.2. The molecule has 0 fully saturated rings. The van der Waals surface area contributed by atoms with E-state index in [1.54, 1.807) is 24.2 Å². The van der Waals surface area contributed by atoms with E-state index in [0.29, 0.717) is 5.69 Å². The van der Waals surface area contributed by atoms with Crippen molar-refractivity contribution in [2.45, 2.75) is 0 Å². The van der Waals surface area contributed by atoms with Crippen molar-refractivity contribution >= 4 is 17.7 Å². The molecule has 0 aliphatic rings. The highest BCUT2D eigenvalue weighted by Gasteiger charge is 2.16. The van der Waals surface area contributed by atoms with Crippen LogP contribution in [0.1, 0.15) is 15.9 Å². The second-order valence-electron chi connectivity index (χ2n) is 4.21. The number of pyridine rings is 1. The minimum Gasteiger partial charge on any atom is -0.477 e. The summed E-state index contributed by atoms with van der Waals surface area (Å²) in [4.78, 5) is 26.7. The van der Waals surface area contributed by atoms with Gasteiger partial charge < -0.3 is 15.0 Å². The second kappa shape index (κ2) is 5.88. The van der Waals surface area contributed by atoms with E-state index < -0.39 is 11.5 Å². The number of aromatic amines is 1. The van der Waals surface area contributed by atoms with E-state index in [4.69, 9.17) is 5.11 Å². The van der Waals surface area contributed by atoms with Crippen LogP contribution in [0, 0.1) is 0 Å². The van der Waals surface area contributed by atoms with Crippen LogP contribution >= 0.6 is 0 Å². The zero-order chi connectivity index (χ0) is 14.5. The first-order chi connectivity index (χ1) is 9.59. The Kier molecular flexibility index (Phi) is 4.00. The quantitative estimate of drug-likeness (QED) is 0.893. The third kappa shape index (κ3) is 2.95. The SMILES string of the molecule is CN(C=Cc1ccccc1)c1cc[nH]c(=O)c1C(=O)O. The number of nitrogens with zero attached hydrogens (tertiary/aromatic N) is 1. The molecule has 2 N–H and O–H groups in total. The highest BCUT2D eigenvalue weighted by atomic mass is 16.4. The van der Waals surface area contributed by atoms with Crippen molar-refractivity contribution < 1.29 is 9.90 Å². The topological polar surface area (TPSA) is 73.4 Å². The molecule has 0 amide bonds. The van der Waals surface area contributed by atoms with Crippen LogP contribution in [-0.4, -0.2) is 23.1 Å². The molecule has 0 spiro atoms. The fraction of sp³-hybridized carbons (Fsp3) is 0.0667. The molecule has 0 radical (unpaired) electrons. The van der Waals surface area contributed by atoms with Gasteiger partial charge in [-0.25, -0.2) is 4.79 Å². The van der Waals surface area contributed by atoms with Crippen molar-refractivity contribution in [3.05, 3.63) is 70.3 Å². The molecule has 102 valence electrons. The maximum absolute atomic E-state index is 11.6. The molecule has 1 aromatic carbocycles. The predicted molar refractivity (Wildman–Crippen MR) is 77.9 cm³/mol. The normalized spacial score (nSPS) is 10.7. The van der Waals surface area contributed by atoms with Gasteiger partial charge in [0.2, 0.25) is 0 Å². The Morgan fingerprint density at radius 2 is 1.95 bits per heavy atom. The highest BCUT2D eigenvalue weighted by Crippen LogP contribution is 2.16. The number of nitrogens with one attached hydrogen (secondary N) is 1. The summed E-state index contributed by atoms with van der Waals surface area (Å²) in [5.41, 5.74) is 0.442. The van der Waals surface area contributed by atoms with Crippen LogP contribution in [0.25, 0.3) is 6.08 Å². The number of hydrogen-bond donors (Lipinski definition) is 2. The molecule has 0 atom stereocenters. The molecular formula is C15H14N2O3. The van der Waals surface area contributed by atoms with Gasteiger partial charge in [-0.2, -0.15) is 0 Å². The lowest BCUT2D eigenvalue weighted by molar-refractivity contribution is 0.0696. The van der Waals surface area contributed by atoms with E-state index in [1.165, 1.54) is 6.20 Å². The maximum Gasteiger partial charge on any atom is 0.343 e. The molecule has 1 heterocycles. The first-order valence-corrected chi connectivity index (χ1v) is 6.00. The van der Waals surface area contributed by atoms with Gasteiger partial charge in [0.15, 0.2) is 0 Å². The van der Waals surface area contributed by atoms with Gasteiger partial charge in [0.25, 0.3) is 5.56 Å². The molecule has 0 aliphatic carbocycles. The van der Waals surface area contributed by atoms with Crippen LogP contribution in [0.15, 0.2) is 53.6 Å². The third-order valence-electron chi connectivity index (χ3n) is 2.82. The van der Waals surface area contributed by atoms with Crippen LogP contribution in [0.5, 0.6) is 0 Å². The molecule has 0 unspecified atom stereocenters. The number of rotatable bonds is 4. The average molecular weight is 270 g/mol. The Bertz CT molecular complexity index is 690.